The van der Waals surface area contributed by atoms with Crippen molar-refractivity contribution in [2.75, 3.05) is 10.6 Å². The van der Waals surface area contributed by atoms with Crippen molar-refractivity contribution >= 4 is 35.0 Å². The van der Waals surface area contributed by atoms with Crippen molar-refractivity contribution in [2.24, 2.45) is 0 Å². The molecule has 0 radical (unpaired) electrons. The molecule has 2 amide bonds. The van der Waals surface area contributed by atoms with Crippen LogP contribution in [-0.4, -0.2) is 16.6 Å². The minimum atomic E-state index is -1.20. The van der Waals surface area contributed by atoms with E-state index in [9.17, 15) is 9.59 Å². The Labute approximate surface area is 146 Å². The fourth-order valence-electron chi connectivity index (χ4n) is 2.52. The average molecular weight is 340 g/mol. The van der Waals surface area contributed by atoms with Crippen molar-refractivity contribution in [3.05, 3.63) is 54.1 Å². The number of carbonyl (C=O) groups excluding carboxylic acids is 2. The fraction of sp³-hybridized carbons (Fsp3) is 0.263. The van der Waals surface area contributed by atoms with Crippen molar-refractivity contribution in [1.82, 2.24) is 0 Å². The van der Waals surface area contributed by atoms with Gasteiger partial charge in [-0.25, -0.2) is 0 Å². The normalized spacial score (nSPS) is 19.6. The standard InChI is InChI=1S/C19H20N2O2S/c1-12(2)13-8-10-14(11-9-13)20-17(22)19(3)18(23)21-15-6-4-5-7-16(15)24-19/h4-12H,1-3H3,(H,20,22)(H,21,23). The monoisotopic (exact) mass is 340 g/mol. The predicted octanol–water partition coefficient (Wildman–Crippen LogP) is 4.25. The molecule has 1 aliphatic heterocycles. The van der Waals surface area contributed by atoms with E-state index in [4.69, 9.17) is 0 Å². The summed E-state index contributed by atoms with van der Waals surface area (Å²) in [4.78, 5) is 26.1. The molecule has 2 aromatic carbocycles. The summed E-state index contributed by atoms with van der Waals surface area (Å²) in [5.74, 6) is -0.192. The number of nitrogens with one attached hydrogen (secondary N) is 2. The van der Waals surface area contributed by atoms with Crippen molar-refractivity contribution in [2.45, 2.75) is 36.3 Å². The van der Waals surface area contributed by atoms with Crippen molar-refractivity contribution in [3.8, 4) is 0 Å². The molecule has 0 spiro atoms. The van der Waals surface area contributed by atoms with E-state index < -0.39 is 4.75 Å². The SMILES string of the molecule is CC(C)c1ccc(NC(=O)C2(C)Sc3ccccc3NC2=O)cc1. The summed E-state index contributed by atoms with van der Waals surface area (Å²) < 4.78 is -1.20. The van der Waals surface area contributed by atoms with E-state index in [2.05, 4.69) is 24.5 Å². The van der Waals surface area contributed by atoms with Gasteiger partial charge in [-0.15, -0.1) is 0 Å². The Bertz CT molecular complexity index is 786. The maximum absolute atomic E-state index is 12.7. The summed E-state index contributed by atoms with van der Waals surface area (Å²) in [6, 6.07) is 15.2. The van der Waals surface area contributed by atoms with Gasteiger partial charge in [-0.2, -0.15) is 0 Å². The van der Waals surface area contributed by atoms with Crippen LogP contribution in [-0.2, 0) is 9.59 Å². The first-order valence-corrected chi connectivity index (χ1v) is 8.73. The van der Waals surface area contributed by atoms with E-state index in [-0.39, 0.29) is 11.8 Å². The van der Waals surface area contributed by atoms with Gasteiger partial charge in [0.2, 0.25) is 11.8 Å². The van der Waals surface area contributed by atoms with Gasteiger partial charge in [-0.3, -0.25) is 9.59 Å². The van der Waals surface area contributed by atoms with Crippen LogP contribution in [0, 0.1) is 0 Å². The molecule has 4 nitrogen and oxygen atoms in total. The second-order valence-corrected chi connectivity index (χ2v) is 7.78. The number of carbonyl (C=O) groups is 2. The molecule has 0 fully saturated rings. The van der Waals surface area contributed by atoms with E-state index >= 15 is 0 Å². The molecule has 1 heterocycles. The van der Waals surface area contributed by atoms with Gasteiger partial charge in [0.25, 0.3) is 0 Å². The predicted molar refractivity (Wildman–Crippen MR) is 98.5 cm³/mol. The first kappa shape index (κ1) is 16.6. The lowest BCUT2D eigenvalue weighted by Gasteiger charge is -2.31. The van der Waals surface area contributed by atoms with E-state index in [1.54, 1.807) is 6.92 Å². The molecule has 2 aromatic rings. The molecule has 0 aromatic heterocycles. The summed E-state index contributed by atoms with van der Waals surface area (Å²) in [6.45, 7) is 5.89. The van der Waals surface area contributed by atoms with Crippen LogP contribution in [0.3, 0.4) is 0 Å². The Morgan fingerprint density at radius 3 is 2.46 bits per heavy atom. The molecule has 1 atom stereocenters. The zero-order valence-electron chi connectivity index (χ0n) is 13.9. The maximum Gasteiger partial charge on any atom is 0.250 e. The number of benzene rings is 2. The number of anilines is 2. The van der Waals surface area contributed by atoms with Gasteiger partial charge in [0.1, 0.15) is 0 Å². The van der Waals surface area contributed by atoms with Crippen LogP contribution >= 0.6 is 11.8 Å². The Morgan fingerprint density at radius 1 is 1.12 bits per heavy atom. The van der Waals surface area contributed by atoms with E-state index in [0.29, 0.717) is 11.6 Å². The van der Waals surface area contributed by atoms with Gasteiger partial charge in [-0.05, 0) is 42.7 Å². The molecule has 1 unspecified atom stereocenters. The number of rotatable bonds is 3. The van der Waals surface area contributed by atoms with Crippen molar-refractivity contribution in [1.29, 1.82) is 0 Å². The van der Waals surface area contributed by atoms with Crippen LogP contribution in [0.4, 0.5) is 11.4 Å². The Hall–Kier alpha value is -2.27. The molecule has 24 heavy (non-hydrogen) atoms. The first-order chi connectivity index (χ1) is 11.4. The van der Waals surface area contributed by atoms with Gasteiger partial charge >= 0.3 is 0 Å². The summed E-state index contributed by atoms with van der Waals surface area (Å²) in [7, 11) is 0. The van der Waals surface area contributed by atoms with Crippen molar-refractivity contribution in [3.63, 3.8) is 0 Å². The average Bonchev–Trinajstić information content (AvgIpc) is 2.56. The molecule has 0 aliphatic carbocycles. The Morgan fingerprint density at radius 2 is 1.79 bits per heavy atom. The highest BCUT2D eigenvalue weighted by Crippen LogP contribution is 2.42. The number of fused-ring (bicyclic) bond motifs is 1. The fourth-order valence-corrected chi connectivity index (χ4v) is 3.62. The van der Waals surface area contributed by atoms with Crippen LogP contribution in [0.25, 0.3) is 0 Å². The lowest BCUT2D eigenvalue weighted by atomic mass is 10.0. The molecule has 1 aliphatic rings. The smallest absolute Gasteiger partial charge is 0.250 e. The van der Waals surface area contributed by atoms with Gasteiger partial charge in [0, 0.05) is 10.6 Å². The highest BCUT2D eigenvalue weighted by molar-refractivity contribution is 8.02. The molecule has 3 rings (SSSR count). The number of hydrogen-bond donors (Lipinski definition) is 2. The minimum Gasteiger partial charge on any atom is -0.324 e. The molecule has 0 saturated heterocycles. The molecular weight excluding hydrogens is 320 g/mol. The summed E-state index contributed by atoms with van der Waals surface area (Å²) in [5, 5.41) is 5.68. The van der Waals surface area contributed by atoms with Crippen LogP contribution in [0.5, 0.6) is 0 Å². The summed E-state index contributed by atoms with van der Waals surface area (Å²) in [6.07, 6.45) is 0. The van der Waals surface area contributed by atoms with E-state index in [1.165, 1.54) is 17.3 Å². The molecule has 124 valence electrons. The number of hydrogen-bond acceptors (Lipinski definition) is 3. The zero-order valence-corrected chi connectivity index (χ0v) is 14.7. The van der Waals surface area contributed by atoms with E-state index in [0.717, 1.165) is 10.6 Å². The summed E-state index contributed by atoms with van der Waals surface area (Å²) in [5.41, 5.74) is 2.65. The largest absolute Gasteiger partial charge is 0.324 e. The highest BCUT2D eigenvalue weighted by atomic mass is 32.2. The second kappa shape index (κ2) is 6.32. The van der Waals surface area contributed by atoms with Gasteiger partial charge in [-0.1, -0.05) is 49.9 Å². The number of amides is 2. The Balaban J connectivity index is 1.80. The van der Waals surface area contributed by atoms with Crippen LogP contribution in [0.15, 0.2) is 53.4 Å². The molecule has 0 saturated carbocycles. The van der Waals surface area contributed by atoms with Gasteiger partial charge in [0.15, 0.2) is 4.75 Å². The first-order valence-electron chi connectivity index (χ1n) is 7.91. The topological polar surface area (TPSA) is 58.2 Å². The van der Waals surface area contributed by atoms with E-state index in [1.807, 2.05) is 48.5 Å². The molecule has 2 N–H and O–H groups in total. The maximum atomic E-state index is 12.7. The lowest BCUT2D eigenvalue weighted by molar-refractivity contribution is -0.126. The third-order valence-electron chi connectivity index (χ3n) is 4.15. The van der Waals surface area contributed by atoms with Crippen LogP contribution in [0.1, 0.15) is 32.3 Å². The summed E-state index contributed by atoms with van der Waals surface area (Å²) >= 11 is 1.28. The number of para-hydroxylation sites is 1. The third kappa shape index (κ3) is 3.04. The van der Waals surface area contributed by atoms with Crippen LogP contribution < -0.4 is 10.6 Å². The Kier molecular flexibility index (Phi) is 4.37. The molecular formula is C19H20N2O2S. The highest BCUT2D eigenvalue weighted by Gasteiger charge is 2.45. The van der Waals surface area contributed by atoms with Crippen molar-refractivity contribution < 1.29 is 9.59 Å². The number of thioether (sulfide) groups is 1. The minimum absolute atomic E-state index is 0.303. The second-order valence-electron chi connectivity index (χ2n) is 6.32. The van der Waals surface area contributed by atoms with Gasteiger partial charge in [0.05, 0.1) is 5.69 Å². The third-order valence-corrected chi connectivity index (χ3v) is 5.51. The molecule has 0 bridgehead atoms. The zero-order chi connectivity index (χ0) is 17.3. The van der Waals surface area contributed by atoms with Crippen LogP contribution in [0.2, 0.25) is 0 Å². The quantitative estimate of drug-likeness (QED) is 0.821. The van der Waals surface area contributed by atoms with Gasteiger partial charge < -0.3 is 10.6 Å². The lowest BCUT2D eigenvalue weighted by Crippen LogP contribution is -2.49. The molecule has 5 heteroatoms.